The monoisotopic (exact) mass is 633 g/mol. The van der Waals surface area contributed by atoms with Crippen molar-refractivity contribution < 1.29 is 29.5 Å². The number of rotatable bonds is 1. The quantitative estimate of drug-likeness (QED) is 0.238. The summed E-state index contributed by atoms with van der Waals surface area (Å²) in [5, 5.41) is 39.1. The predicted octanol–water partition coefficient (Wildman–Crippen LogP) is 5.66. The lowest BCUT2D eigenvalue weighted by Crippen LogP contribution is -2.76. The number of aromatic amines is 1. The van der Waals surface area contributed by atoms with Gasteiger partial charge >= 0.3 is 0 Å². The fourth-order valence-electron chi connectivity index (χ4n) is 12.9. The maximum absolute atomic E-state index is 13.2. The number of epoxide rings is 1. The maximum atomic E-state index is 13.2. The molecule has 8 aliphatic rings. The summed E-state index contributed by atoms with van der Waals surface area (Å²) in [7, 11) is 0. The lowest BCUT2D eigenvalue weighted by molar-refractivity contribution is -0.281. The van der Waals surface area contributed by atoms with E-state index in [2.05, 4.69) is 45.8 Å². The van der Waals surface area contributed by atoms with Crippen LogP contribution in [-0.2, 0) is 31.6 Å². The lowest BCUT2D eigenvalue weighted by atomic mass is 9.40. The first-order chi connectivity index (χ1) is 21.1. The third kappa shape index (κ3) is 2.64. The number of fused-ring (bicyclic) bond motifs is 5. The van der Waals surface area contributed by atoms with Gasteiger partial charge in [-0.15, -0.1) is 0 Å². The van der Waals surface area contributed by atoms with Crippen molar-refractivity contribution in [2.45, 2.75) is 131 Å². The average Bonchev–Trinajstić information content (AvgIpc) is 3.55. The summed E-state index contributed by atoms with van der Waals surface area (Å²) in [6.07, 6.45) is 1.83. The molecule has 0 radical (unpaired) electrons. The Morgan fingerprint density at radius 1 is 1.11 bits per heavy atom. The molecule has 45 heavy (non-hydrogen) atoms. The summed E-state index contributed by atoms with van der Waals surface area (Å²) in [5.74, 6) is -0.0241. The van der Waals surface area contributed by atoms with Crippen LogP contribution in [0.3, 0.4) is 0 Å². The maximum Gasteiger partial charge on any atom is 0.153 e. The van der Waals surface area contributed by atoms with Gasteiger partial charge in [0.15, 0.2) is 5.60 Å². The zero-order valence-corrected chi connectivity index (χ0v) is 27.6. The van der Waals surface area contributed by atoms with Gasteiger partial charge in [-0.3, -0.25) is 0 Å². The highest BCUT2D eigenvalue weighted by Gasteiger charge is 2.87. The van der Waals surface area contributed by atoms with Crippen molar-refractivity contribution in [2.24, 2.45) is 23.2 Å². The Labute approximate surface area is 269 Å². The number of nitrogens with one attached hydrogen (secondary N) is 1. The Hall–Kier alpha value is -1.71. The van der Waals surface area contributed by atoms with E-state index >= 15 is 0 Å². The molecule has 1 spiro atoms. The van der Waals surface area contributed by atoms with Crippen LogP contribution < -0.4 is 0 Å². The molecule has 0 bridgehead atoms. The van der Waals surface area contributed by atoms with Crippen LogP contribution in [0.5, 0.6) is 0 Å². The van der Waals surface area contributed by atoms with Crippen LogP contribution in [0.4, 0.5) is 0 Å². The molecule has 0 amide bonds. The molecule has 2 saturated heterocycles. The molecule has 2 aromatic rings. The van der Waals surface area contributed by atoms with Crippen molar-refractivity contribution in [3.63, 3.8) is 0 Å². The number of aliphatic hydroxyl groups is 3. The van der Waals surface area contributed by atoms with Crippen molar-refractivity contribution in [1.82, 2.24) is 4.98 Å². The Morgan fingerprint density at radius 2 is 1.87 bits per heavy atom. The van der Waals surface area contributed by atoms with Crippen LogP contribution in [0.1, 0.15) is 95.2 Å². The fourth-order valence-corrected chi connectivity index (χ4v) is 13.2. The highest BCUT2D eigenvalue weighted by molar-refractivity contribution is 6.32. The zero-order chi connectivity index (χ0) is 31.6. The minimum absolute atomic E-state index is 0.0254. The first kappa shape index (κ1) is 28.3. The minimum Gasteiger partial charge on any atom is -0.387 e. The van der Waals surface area contributed by atoms with E-state index in [-0.39, 0.29) is 30.0 Å². The summed E-state index contributed by atoms with van der Waals surface area (Å²) in [6, 6.07) is 2.02. The Balaban J connectivity index is 1.21. The normalized spacial score (nSPS) is 52.5. The van der Waals surface area contributed by atoms with Crippen LogP contribution >= 0.6 is 11.6 Å². The number of halogens is 1. The topological polar surface area (TPSA) is 107 Å². The van der Waals surface area contributed by atoms with Crippen molar-refractivity contribution in [3.8, 4) is 0 Å². The van der Waals surface area contributed by atoms with Crippen molar-refractivity contribution in [1.29, 1.82) is 0 Å². The molecule has 240 valence electrons. The van der Waals surface area contributed by atoms with E-state index in [4.69, 9.17) is 25.8 Å². The molecule has 4 heterocycles. The minimum atomic E-state index is -1.24. The first-order valence-electron chi connectivity index (χ1n) is 16.9. The summed E-state index contributed by atoms with van der Waals surface area (Å²) in [5.41, 5.74) is 1.86. The molecule has 1 aromatic heterocycles. The second-order valence-electron chi connectivity index (χ2n) is 17.0. The number of ether oxygens (including phenoxy) is 3. The molecule has 3 saturated carbocycles. The smallest absolute Gasteiger partial charge is 0.153 e. The van der Waals surface area contributed by atoms with Gasteiger partial charge in [-0.05, 0) is 82.1 Å². The largest absolute Gasteiger partial charge is 0.387 e. The van der Waals surface area contributed by atoms with Crippen LogP contribution in [0.15, 0.2) is 30.4 Å². The average molecular weight is 634 g/mol. The van der Waals surface area contributed by atoms with E-state index in [1.807, 2.05) is 13.0 Å². The fraction of sp³-hybridized carbons (Fsp3) is 0.676. The molecular formula is C37H44ClNO6. The Kier molecular flexibility index (Phi) is 4.89. The standard InChI is InChI=1S/C37H44ClNO6/c1-15(2)28-27(40)31-37(45-31)23(43-28)9-10-33(6)34(7)18(8-11-35(33,37)41)29-25-24-21(39-30(25)34)14-20(38)17-12-16(3)19-13-22(32(4,5)44-29)36(19,42)26(17)24/h14,18-19,22-23,27-29,31,39-42H,1,3,8-13H2,2,4-7H3/t18-,19+,22+,23-,27-,28+,29-,31+,33+,34-,35-,36+,37-/m0/s1. The Bertz CT molecular complexity index is 1800. The van der Waals surface area contributed by atoms with Crippen LogP contribution in [0.25, 0.3) is 10.9 Å². The summed E-state index contributed by atoms with van der Waals surface area (Å²) in [6.45, 7) is 19.2. The summed E-state index contributed by atoms with van der Waals surface area (Å²) >= 11 is 7.06. The van der Waals surface area contributed by atoms with Gasteiger partial charge in [-0.25, -0.2) is 0 Å². The second kappa shape index (κ2) is 7.78. The Morgan fingerprint density at radius 3 is 2.60 bits per heavy atom. The molecule has 5 aliphatic carbocycles. The molecule has 10 rings (SSSR count). The highest BCUT2D eigenvalue weighted by Crippen LogP contribution is 2.78. The van der Waals surface area contributed by atoms with Crippen LogP contribution in [0.2, 0.25) is 5.02 Å². The van der Waals surface area contributed by atoms with E-state index in [1.54, 1.807) is 0 Å². The van der Waals surface area contributed by atoms with Gasteiger partial charge in [0.1, 0.15) is 29.5 Å². The summed E-state index contributed by atoms with van der Waals surface area (Å²) in [4.78, 5) is 3.87. The van der Waals surface area contributed by atoms with Gasteiger partial charge in [-0.2, -0.15) is 0 Å². The SMILES string of the molecule is C=C(C)[C@H]1O[C@H]2CC[C@@]3(C)[C@@](O)(CC[C@H]4[C@@H]5OC(C)(C)[C@H]6C[C@@H]7C(=C)Cc8c(Cl)cc9[nH]c(c5c9c8[C@@]76O)[C@]43C)[C@]23O[C@@H]3[C@H]1O. The van der Waals surface area contributed by atoms with Crippen LogP contribution in [-0.4, -0.2) is 61.5 Å². The molecule has 4 N–H and O–H groups in total. The summed E-state index contributed by atoms with van der Waals surface area (Å²) < 4.78 is 20.4. The van der Waals surface area contributed by atoms with Crippen molar-refractivity contribution >= 4 is 22.5 Å². The van der Waals surface area contributed by atoms with Crippen molar-refractivity contribution in [3.05, 3.63) is 57.8 Å². The highest BCUT2D eigenvalue weighted by atomic mass is 35.5. The molecular weight excluding hydrogens is 590 g/mol. The van der Waals surface area contributed by atoms with E-state index in [9.17, 15) is 15.3 Å². The zero-order valence-electron chi connectivity index (χ0n) is 26.8. The molecule has 13 atom stereocenters. The first-order valence-corrected chi connectivity index (χ1v) is 17.3. The second-order valence-corrected chi connectivity index (χ2v) is 17.4. The van der Waals surface area contributed by atoms with E-state index in [0.717, 1.165) is 63.7 Å². The molecule has 0 unspecified atom stereocenters. The molecule has 1 aromatic carbocycles. The van der Waals surface area contributed by atoms with Gasteiger partial charge in [0.05, 0.1) is 17.8 Å². The van der Waals surface area contributed by atoms with Crippen molar-refractivity contribution in [2.75, 3.05) is 0 Å². The number of aromatic nitrogens is 1. The molecule has 8 heteroatoms. The number of benzene rings is 1. The lowest BCUT2D eigenvalue weighted by Gasteiger charge is -2.66. The van der Waals surface area contributed by atoms with Gasteiger partial charge in [0.2, 0.25) is 0 Å². The van der Waals surface area contributed by atoms with E-state index in [0.29, 0.717) is 24.3 Å². The predicted molar refractivity (Wildman–Crippen MR) is 169 cm³/mol. The number of hydrogen-bond donors (Lipinski definition) is 4. The van der Waals surface area contributed by atoms with Crippen LogP contribution in [0, 0.1) is 23.2 Å². The number of hydrogen-bond acceptors (Lipinski definition) is 6. The molecule has 5 fully saturated rings. The van der Waals surface area contributed by atoms with E-state index < -0.39 is 51.5 Å². The molecule has 7 nitrogen and oxygen atoms in total. The van der Waals surface area contributed by atoms with E-state index in [1.165, 1.54) is 0 Å². The molecule has 3 aliphatic heterocycles. The third-order valence-electron chi connectivity index (χ3n) is 15.2. The third-order valence-corrected chi connectivity index (χ3v) is 15.5. The van der Waals surface area contributed by atoms with Gasteiger partial charge in [0.25, 0.3) is 0 Å². The van der Waals surface area contributed by atoms with Gasteiger partial charge in [0, 0.05) is 55.8 Å². The number of H-pyrrole nitrogens is 1. The van der Waals surface area contributed by atoms with Gasteiger partial charge in [-0.1, -0.05) is 44.2 Å². The number of aliphatic hydroxyl groups excluding tert-OH is 1. The van der Waals surface area contributed by atoms with Gasteiger partial charge < -0.3 is 34.5 Å².